The van der Waals surface area contributed by atoms with Crippen LogP contribution in [0.1, 0.15) is 32.6 Å². The highest BCUT2D eigenvalue weighted by atomic mass is 16.3. The van der Waals surface area contributed by atoms with Gasteiger partial charge >= 0.3 is 0 Å². The van der Waals surface area contributed by atoms with Crippen LogP contribution in [-0.4, -0.2) is 41.3 Å². The first-order valence-electron chi connectivity index (χ1n) is 9.80. The van der Waals surface area contributed by atoms with Gasteiger partial charge in [-0.2, -0.15) is 0 Å². The lowest BCUT2D eigenvalue weighted by Crippen LogP contribution is -2.36. The predicted molar refractivity (Wildman–Crippen MR) is 111 cm³/mol. The van der Waals surface area contributed by atoms with E-state index in [1.54, 1.807) is 23.1 Å². The molecule has 0 aliphatic heterocycles. The van der Waals surface area contributed by atoms with Gasteiger partial charge in [0.2, 0.25) is 5.95 Å². The Labute approximate surface area is 166 Å². The molecule has 0 saturated heterocycles. The Morgan fingerprint density at radius 1 is 1.17 bits per heavy atom. The highest BCUT2D eigenvalue weighted by Crippen LogP contribution is 2.29. The topological polar surface area (TPSA) is 108 Å². The number of benzene rings is 1. The van der Waals surface area contributed by atoms with Crippen LogP contribution in [0.25, 0.3) is 27.7 Å². The number of aromatic nitrogens is 5. The van der Waals surface area contributed by atoms with Crippen molar-refractivity contribution in [3.8, 4) is 11.1 Å². The van der Waals surface area contributed by atoms with Gasteiger partial charge < -0.3 is 10.4 Å². The smallest absolute Gasteiger partial charge is 0.277 e. The van der Waals surface area contributed by atoms with Crippen molar-refractivity contribution in [2.45, 2.75) is 44.2 Å². The number of aliphatic hydroxyl groups is 1. The lowest BCUT2D eigenvalue weighted by atomic mass is 9.84. The van der Waals surface area contributed by atoms with Crippen molar-refractivity contribution in [3.05, 3.63) is 53.2 Å². The molecule has 148 valence electrons. The largest absolute Gasteiger partial charge is 0.390 e. The summed E-state index contributed by atoms with van der Waals surface area (Å²) in [6, 6.07) is 7.83. The monoisotopic (exact) mass is 390 g/mol. The normalized spacial score (nSPS) is 22.2. The van der Waals surface area contributed by atoms with Crippen LogP contribution < -0.4 is 10.9 Å². The third-order valence-electron chi connectivity index (χ3n) is 5.71. The first kappa shape index (κ1) is 17.8. The summed E-state index contributed by atoms with van der Waals surface area (Å²) in [4.78, 5) is 24.3. The summed E-state index contributed by atoms with van der Waals surface area (Å²) < 4.78 is 1.61. The standard InChI is InChI=1S/C21H22N6O2/c1-21(29)7-4-14(5-8-21)24-20-25-19(28)18-15(6-11-27(18)26-20)13-2-3-16-17(12-13)23-10-9-22-16/h2-3,6,9-12,14,29H,4-5,7-8H2,1H3,(H2,24,25,26,28). The minimum atomic E-state index is -0.595. The summed E-state index contributed by atoms with van der Waals surface area (Å²) in [5, 5.41) is 17.9. The molecule has 3 heterocycles. The van der Waals surface area contributed by atoms with E-state index in [9.17, 15) is 9.90 Å². The molecule has 1 fully saturated rings. The summed E-state index contributed by atoms with van der Waals surface area (Å²) in [6.45, 7) is 1.87. The zero-order chi connectivity index (χ0) is 20.0. The van der Waals surface area contributed by atoms with Crippen LogP contribution in [0, 0.1) is 0 Å². The summed E-state index contributed by atoms with van der Waals surface area (Å²) in [5.41, 5.74) is 2.97. The van der Waals surface area contributed by atoms with Gasteiger partial charge in [0.25, 0.3) is 5.56 Å². The van der Waals surface area contributed by atoms with E-state index in [4.69, 9.17) is 0 Å². The molecule has 1 aromatic carbocycles. The lowest BCUT2D eigenvalue weighted by Gasteiger charge is -2.33. The quantitative estimate of drug-likeness (QED) is 0.496. The number of H-pyrrole nitrogens is 1. The molecule has 1 saturated carbocycles. The zero-order valence-electron chi connectivity index (χ0n) is 16.1. The molecule has 29 heavy (non-hydrogen) atoms. The molecule has 0 radical (unpaired) electrons. The molecule has 3 aromatic heterocycles. The Hall–Kier alpha value is -3.26. The SMILES string of the molecule is CC1(O)CCC(Nc2nn3ccc(-c4ccc5nccnc5c4)c3c(=O)[nH]2)CC1. The van der Waals surface area contributed by atoms with Gasteiger partial charge in [-0.15, -0.1) is 5.10 Å². The van der Waals surface area contributed by atoms with Gasteiger partial charge in [0.1, 0.15) is 5.52 Å². The van der Waals surface area contributed by atoms with Gasteiger partial charge in [0, 0.05) is 30.2 Å². The maximum absolute atomic E-state index is 12.8. The Bertz CT molecular complexity index is 1250. The third kappa shape index (κ3) is 3.36. The average molecular weight is 390 g/mol. The average Bonchev–Trinajstić information content (AvgIpc) is 3.14. The van der Waals surface area contributed by atoms with E-state index >= 15 is 0 Å². The third-order valence-corrected chi connectivity index (χ3v) is 5.71. The van der Waals surface area contributed by atoms with E-state index in [1.165, 1.54) is 0 Å². The van der Waals surface area contributed by atoms with Gasteiger partial charge in [-0.1, -0.05) is 6.07 Å². The minimum absolute atomic E-state index is 0.185. The molecule has 0 bridgehead atoms. The first-order valence-corrected chi connectivity index (χ1v) is 9.80. The Morgan fingerprint density at radius 2 is 1.93 bits per heavy atom. The van der Waals surface area contributed by atoms with Crippen molar-refractivity contribution >= 4 is 22.5 Å². The number of anilines is 1. The second kappa shape index (κ2) is 6.66. The van der Waals surface area contributed by atoms with Gasteiger partial charge in [-0.25, -0.2) is 4.52 Å². The van der Waals surface area contributed by atoms with E-state index in [1.807, 2.05) is 31.2 Å². The molecule has 8 nitrogen and oxygen atoms in total. The van der Waals surface area contributed by atoms with Crippen molar-refractivity contribution < 1.29 is 5.11 Å². The fraction of sp³-hybridized carbons (Fsp3) is 0.333. The summed E-state index contributed by atoms with van der Waals surface area (Å²) in [5.74, 6) is 0.445. The fourth-order valence-corrected chi connectivity index (χ4v) is 4.04. The molecule has 0 amide bonds. The molecule has 0 unspecified atom stereocenters. The van der Waals surface area contributed by atoms with E-state index in [-0.39, 0.29) is 11.6 Å². The fourth-order valence-electron chi connectivity index (χ4n) is 4.04. The number of hydrogen-bond acceptors (Lipinski definition) is 6. The number of aromatic amines is 1. The van der Waals surface area contributed by atoms with Crippen LogP contribution in [-0.2, 0) is 0 Å². The molecule has 3 N–H and O–H groups in total. The number of fused-ring (bicyclic) bond motifs is 2. The number of rotatable bonds is 3. The first-order chi connectivity index (χ1) is 14.0. The number of hydrogen-bond donors (Lipinski definition) is 3. The van der Waals surface area contributed by atoms with Gasteiger partial charge in [0.15, 0.2) is 0 Å². The van der Waals surface area contributed by atoms with Gasteiger partial charge in [-0.3, -0.25) is 19.7 Å². The van der Waals surface area contributed by atoms with E-state index in [0.29, 0.717) is 11.5 Å². The Morgan fingerprint density at radius 3 is 2.72 bits per heavy atom. The van der Waals surface area contributed by atoms with Gasteiger partial charge in [0.05, 0.1) is 16.6 Å². The molecule has 8 heteroatoms. The second-order valence-corrected chi connectivity index (χ2v) is 8.00. The number of nitrogens with zero attached hydrogens (tertiary/aromatic N) is 4. The summed E-state index contributed by atoms with van der Waals surface area (Å²) >= 11 is 0. The van der Waals surface area contributed by atoms with Crippen LogP contribution in [0.15, 0.2) is 47.7 Å². The van der Waals surface area contributed by atoms with Crippen LogP contribution in [0.4, 0.5) is 5.95 Å². The second-order valence-electron chi connectivity index (χ2n) is 8.00. The van der Waals surface area contributed by atoms with E-state index in [0.717, 1.165) is 47.8 Å². The Balaban J connectivity index is 1.47. The highest BCUT2D eigenvalue weighted by molar-refractivity contribution is 5.86. The molecule has 1 aliphatic carbocycles. The van der Waals surface area contributed by atoms with Crippen molar-refractivity contribution in [3.63, 3.8) is 0 Å². The highest BCUT2D eigenvalue weighted by Gasteiger charge is 2.29. The summed E-state index contributed by atoms with van der Waals surface area (Å²) in [6.07, 6.45) is 8.24. The van der Waals surface area contributed by atoms with Crippen molar-refractivity contribution in [1.82, 2.24) is 24.6 Å². The van der Waals surface area contributed by atoms with Crippen LogP contribution >= 0.6 is 0 Å². The van der Waals surface area contributed by atoms with E-state index in [2.05, 4.69) is 25.4 Å². The number of nitrogens with one attached hydrogen (secondary N) is 2. The molecule has 4 aromatic rings. The lowest BCUT2D eigenvalue weighted by molar-refractivity contribution is 0.0195. The van der Waals surface area contributed by atoms with Crippen LogP contribution in [0.5, 0.6) is 0 Å². The van der Waals surface area contributed by atoms with Crippen molar-refractivity contribution in [2.24, 2.45) is 0 Å². The molecular weight excluding hydrogens is 368 g/mol. The molecular formula is C21H22N6O2. The zero-order valence-corrected chi connectivity index (χ0v) is 16.1. The maximum Gasteiger partial charge on any atom is 0.277 e. The maximum atomic E-state index is 12.8. The van der Waals surface area contributed by atoms with E-state index < -0.39 is 5.60 Å². The van der Waals surface area contributed by atoms with Crippen LogP contribution in [0.2, 0.25) is 0 Å². The Kier molecular flexibility index (Phi) is 4.09. The molecule has 1 aliphatic rings. The van der Waals surface area contributed by atoms with Crippen molar-refractivity contribution in [2.75, 3.05) is 5.32 Å². The molecule has 0 atom stereocenters. The summed E-state index contributed by atoms with van der Waals surface area (Å²) in [7, 11) is 0. The van der Waals surface area contributed by atoms with Gasteiger partial charge in [-0.05, 0) is 56.4 Å². The predicted octanol–water partition coefficient (Wildman–Crippen LogP) is 2.74. The molecule has 5 rings (SSSR count). The minimum Gasteiger partial charge on any atom is -0.390 e. The molecule has 0 spiro atoms. The van der Waals surface area contributed by atoms with Crippen molar-refractivity contribution in [1.29, 1.82) is 0 Å². The van der Waals surface area contributed by atoms with Crippen LogP contribution in [0.3, 0.4) is 0 Å².